The maximum absolute atomic E-state index is 8.32. The first-order chi connectivity index (χ1) is 5.83. The van der Waals surface area contributed by atoms with Gasteiger partial charge in [-0.25, -0.2) is 0 Å². The van der Waals surface area contributed by atoms with Crippen LogP contribution in [0.4, 0.5) is 0 Å². The van der Waals surface area contributed by atoms with E-state index in [0.717, 1.165) is 5.56 Å². The molecule has 0 atom stereocenters. The van der Waals surface area contributed by atoms with E-state index in [-0.39, 0.29) is 0 Å². The predicted molar refractivity (Wildman–Crippen MR) is 52.1 cm³/mol. The molecule has 1 nitrogen and oxygen atoms in total. The van der Waals surface area contributed by atoms with Crippen molar-refractivity contribution in [2.75, 3.05) is 0 Å². The molecule has 1 rings (SSSR count). The fourth-order valence-electron chi connectivity index (χ4n) is 0.738. The van der Waals surface area contributed by atoms with E-state index in [0.29, 0.717) is 11.4 Å². The smallest absolute Gasteiger partial charge is 0.0669 e. The van der Waals surface area contributed by atoms with E-state index >= 15 is 0 Å². The highest BCUT2D eigenvalue weighted by Crippen LogP contribution is 2.10. The summed E-state index contributed by atoms with van der Waals surface area (Å²) in [6.45, 7) is 4.00. The summed E-state index contributed by atoms with van der Waals surface area (Å²) in [5, 5.41) is 9.01. The lowest BCUT2D eigenvalue weighted by Crippen LogP contribution is -1.78. The van der Waals surface area contributed by atoms with Gasteiger partial charge in [-0.15, -0.1) is 0 Å². The van der Waals surface area contributed by atoms with Crippen molar-refractivity contribution in [3.63, 3.8) is 0 Å². The SMILES string of the molecule is CC.N#CCc1cccc(Cl)c1. The second-order valence-corrected chi connectivity index (χ2v) is 2.40. The third-order valence-electron chi connectivity index (χ3n) is 1.17. The lowest BCUT2D eigenvalue weighted by Gasteiger charge is -1.92. The van der Waals surface area contributed by atoms with Crippen LogP contribution in [0.25, 0.3) is 0 Å². The van der Waals surface area contributed by atoms with Crippen molar-refractivity contribution in [1.29, 1.82) is 5.26 Å². The van der Waals surface area contributed by atoms with Gasteiger partial charge in [0.1, 0.15) is 0 Å². The zero-order valence-corrected chi connectivity index (χ0v) is 8.10. The number of hydrogen-bond donors (Lipinski definition) is 0. The molecule has 1 aromatic rings. The van der Waals surface area contributed by atoms with Gasteiger partial charge in [-0.1, -0.05) is 37.6 Å². The first-order valence-electron chi connectivity index (χ1n) is 3.94. The standard InChI is InChI=1S/C8H6ClN.C2H6/c9-8-3-1-2-7(6-8)4-5-10;1-2/h1-3,6H,4H2;1-2H3. The van der Waals surface area contributed by atoms with E-state index in [9.17, 15) is 0 Å². The van der Waals surface area contributed by atoms with E-state index in [1.54, 1.807) is 12.1 Å². The van der Waals surface area contributed by atoms with Gasteiger partial charge < -0.3 is 0 Å². The molecule has 0 saturated carbocycles. The van der Waals surface area contributed by atoms with Crippen molar-refractivity contribution in [2.45, 2.75) is 20.3 Å². The number of nitriles is 1. The molecule has 0 N–H and O–H groups in total. The molecule has 0 radical (unpaired) electrons. The molecule has 0 saturated heterocycles. The van der Waals surface area contributed by atoms with Crippen LogP contribution >= 0.6 is 11.6 Å². The van der Waals surface area contributed by atoms with Crippen LogP contribution in [-0.2, 0) is 6.42 Å². The van der Waals surface area contributed by atoms with Crippen molar-refractivity contribution in [1.82, 2.24) is 0 Å². The molecule has 0 aliphatic rings. The van der Waals surface area contributed by atoms with Crippen LogP contribution in [0.3, 0.4) is 0 Å². The van der Waals surface area contributed by atoms with Crippen LogP contribution in [0, 0.1) is 11.3 Å². The predicted octanol–water partition coefficient (Wildman–Crippen LogP) is 3.43. The minimum Gasteiger partial charge on any atom is -0.198 e. The van der Waals surface area contributed by atoms with Gasteiger partial charge in [-0.3, -0.25) is 0 Å². The van der Waals surface area contributed by atoms with E-state index in [4.69, 9.17) is 16.9 Å². The zero-order chi connectivity index (χ0) is 9.40. The number of nitrogens with zero attached hydrogens (tertiary/aromatic N) is 1. The zero-order valence-electron chi connectivity index (χ0n) is 7.34. The fourth-order valence-corrected chi connectivity index (χ4v) is 0.951. The molecule has 0 bridgehead atoms. The monoisotopic (exact) mass is 181 g/mol. The second-order valence-electron chi connectivity index (χ2n) is 1.96. The van der Waals surface area contributed by atoms with E-state index < -0.39 is 0 Å². The van der Waals surface area contributed by atoms with E-state index in [1.807, 2.05) is 26.0 Å². The molecule has 0 heterocycles. The van der Waals surface area contributed by atoms with Gasteiger partial charge in [0.15, 0.2) is 0 Å². The van der Waals surface area contributed by atoms with E-state index in [2.05, 4.69) is 6.07 Å². The quantitative estimate of drug-likeness (QED) is 0.651. The Kier molecular flexibility index (Phi) is 6.14. The molecule has 1 aromatic carbocycles. The van der Waals surface area contributed by atoms with E-state index in [1.165, 1.54) is 0 Å². The normalized spacial score (nSPS) is 7.83. The highest BCUT2D eigenvalue weighted by atomic mass is 35.5. The second kappa shape index (κ2) is 6.69. The number of hydrogen-bond acceptors (Lipinski definition) is 1. The highest BCUT2D eigenvalue weighted by molar-refractivity contribution is 6.30. The number of halogens is 1. The number of benzene rings is 1. The largest absolute Gasteiger partial charge is 0.198 e. The molecule has 0 aliphatic heterocycles. The third kappa shape index (κ3) is 4.00. The highest BCUT2D eigenvalue weighted by Gasteiger charge is 1.90. The van der Waals surface area contributed by atoms with Crippen LogP contribution in [-0.4, -0.2) is 0 Å². The van der Waals surface area contributed by atoms with Gasteiger partial charge in [0.25, 0.3) is 0 Å². The minimum atomic E-state index is 0.431. The summed E-state index contributed by atoms with van der Waals surface area (Å²) in [6.07, 6.45) is 0.431. The maximum atomic E-state index is 8.32. The lowest BCUT2D eigenvalue weighted by molar-refractivity contribution is 1.26. The van der Waals surface area contributed by atoms with Crippen LogP contribution in [0.1, 0.15) is 19.4 Å². The van der Waals surface area contributed by atoms with Crippen molar-refractivity contribution < 1.29 is 0 Å². The summed E-state index contributed by atoms with van der Waals surface area (Å²) in [7, 11) is 0. The lowest BCUT2D eigenvalue weighted by atomic mass is 10.2. The summed E-state index contributed by atoms with van der Waals surface area (Å²) >= 11 is 5.67. The molecule has 64 valence electrons. The van der Waals surface area contributed by atoms with Gasteiger partial charge in [0.05, 0.1) is 12.5 Å². The molecule has 0 amide bonds. The summed E-state index contributed by atoms with van der Waals surface area (Å²) in [6, 6.07) is 9.37. The Balaban J connectivity index is 0.000000561. The van der Waals surface area contributed by atoms with Gasteiger partial charge in [-0.2, -0.15) is 5.26 Å². The Morgan fingerprint density at radius 2 is 2.08 bits per heavy atom. The Hall–Kier alpha value is -1.00. The fraction of sp³-hybridized carbons (Fsp3) is 0.300. The Labute approximate surface area is 78.6 Å². The van der Waals surface area contributed by atoms with Crippen LogP contribution < -0.4 is 0 Å². The molecule has 0 fully saturated rings. The Bertz CT molecular complexity index is 263. The summed E-state index contributed by atoms with van der Waals surface area (Å²) in [5.74, 6) is 0. The van der Waals surface area contributed by atoms with Gasteiger partial charge in [0.2, 0.25) is 0 Å². The maximum Gasteiger partial charge on any atom is 0.0669 e. The van der Waals surface area contributed by atoms with Crippen LogP contribution in [0.15, 0.2) is 24.3 Å². The average Bonchev–Trinajstić information content (AvgIpc) is 2.09. The molecule has 0 aliphatic carbocycles. The summed E-state index contributed by atoms with van der Waals surface area (Å²) < 4.78 is 0. The van der Waals surface area contributed by atoms with Crippen LogP contribution in [0.2, 0.25) is 5.02 Å². The summed E-state index contributed by atoms with van der Waals surface area (Å²) in [4.78, 5) is 0. The first-order valence-corrected chi connectivity index (χ1v) is 4.32. The summed E-state index contributed by atoms with van der Waals surface area (Å²) in [5.41, 5.74) is 0.968. The van der Waals surface area contributed by atoms with Gasteiger partial charge in [0, 0.05) is 5.02 Å². The van der Waals surface area contributed by atoms with Crippen molar-refractivity contribution in [2.24, 2.45) is 0 Å². The molecule has 0 aromatic heterocycles. The Morgan fingerprint density at radius 3 is 2.58 bits per heavy atom. The van der Waals surface area contributed by atoms with Gasteiger partial charge >= 0.3 is 0 Å². The average molecular weight is 182 g/mol. The first kappa shape index (κ1) is 11.0. The molecule has 0 unspecified atom stereocenters. The molecule has 0 spiro atoms. The number of rotatable bonds is 1. The minimum absolute atomic E-state index is 0.431. The molecule has 12 heavy (non-hydrogen) atoms. The van der Waals surface area contributed by atoms with Crippen molar-refractivity contribution >= 4 is 11.6 Å². The Morgan fingerprint density at radius 1 is 1.42 bits per heavy atom. The van der Waals surface area contributed by atoms with Crippen molar-refractivity contribution in [3.05, 3.63) is 34.9 Å². The van der Waals surface area contributed by atoms with Crippen molar-refractivity contribution in [3.8, 4) is 6.07 Å². The van der Waals surface area contributed by atoms with Gasteiger partial charge in [-0.05, 0) is 17.7 Å². The molecule has 2 heteroatoms. The third-order valence-corrected chi connectivity index (χ3v) is 1.41. The van der Waals surface area contributed by atoms with Crippen LogP contribution in [0.5, 0.6) is 0 Å². The molecular weight excluding hydrogens is 170 g/mol. The molecular formula is C10H12ClN. The topological polar surface area (TPSA) is 23.8 Å².